The molecular formula is C12H24N2. The van der Waals surface area contributed by atoms with E-state index in [1.807, 2.05) is 13.8 Å². The fraction of sp³-hybridized carbons (Fsp3) is 0.917. The zero-order valence-electron chi connectivity index (χ0n) is 10.2. The monoisotopic (exact) mass is 196 g/mol. The van der Waals surface area contributed by atoms with Gasteiger partial charge in [0.05, 0.1) is 11.5 Å². The highest BCUT2D eigenvalue weighted by Gasteiger charge is 2.17. The van der Waals surface area contributed by atoms with Crippen LogP contribution in [0.2, 0.25) is 0 Å². The van der Waals surface area contributed by atoms with Crippen molar-refractivity contribution in [2.75, 3.05) is 6.54 Å². The molecule has 0 aromatic rings. The smallest absolute Gasteiger partial charge is 0.0697 e. The van der Waals surface area contributed by atoms with Gasteiger partial charge in [0.1, 0.15) is 0 Å². The Morgan fingerprint density at radius 3 is 2.21 bits per heavy atom. The molecule has 2 heteroatoms. The molecule has 0 aromatic heterocycles. The quantitative estimate of drug-likeness (QED) is 0.709. The summed E-state index contributed by atoms with van der Waals surface area (Å²) in [5.74, 6) is 0.767. The van der Waals surface area contributed by atoms with E-state index in [1.54, 1.807) is 0 Å². The standard InChI is InChI=1S/C12H24N2/c1-10(2)6-7-11(3)14-9-12(4,5)8-13/h10-11,14H,6-7,9H2,1-5H3. The molecule has 0 heterocycles. The summed E-state index contributed by atoms with van der Waals surface area (Å²) in [7, 11) is 0. The van der Waals surface area contributed by atoms with Gasteiger partial charge in [-0.05, 0) is 39.5 Å². The Bertz CT molecular complexity index is 189. The van der Waals surface area contributed by atoms with E-state index in [0.29, 0.717) is 6.04 Å². The lowest BCUT2D eigenvalue weighted by atomic mass is 9.95. The molecule has 2 nitrogen and oxygen atoms in total. The molecule has 0 saturated carbocycles. The Morgan fingerprint density at radius 2 is 1.79 bits per heavy atom. The molecule has 0 fully saturated rings. The van der Waals surface area contributed by atoms with E-state index < -0.39 is 0 Å². The van der Waals surface area contributed by atoms with Gasteiger partial charge in [-0.15, -0.1) is 0 Å². The molecule has 0 rings (SSSR count). The van der Waals surface area contributed by atoms with Gasteiger partial charge in [0.2, 0.25) is 0 Å². The fourth-order valence-electron chi connectivity index (χ4n) is 1.15. The van der Waals surface area contributed by atoms with Gasteiger partial charge in [0.25, 0.3) is 0 Å². The molecule has 0 aliphatic heterocycles. The maximum Gasteiger partial charge on any atom is 0.0697 e. The van der Waals surface area contributed by atoms with Crippen molar-refractivity contribution in [1.82, 2.24) is 5.32 Å². The predicted octanol–water partition coefficient (Wildman–Crippen LogP) is 2.95. The van der Waals surface area contributed by atoms with Crippen LogP contribution in [0.3, 0.4) is 0 Å². The van der Waals surface area contributed by atoms with Crippen molar-refractivity contribution in [2.45, 2.75) is 53.5 Å². The van der Waals surface area contributed by atoms with Gasteiger partial charge < -0.3 is 5.32 Å². The molecule has 1 atom stereocenters. The summed E-state index contributed by atoms with van der Waals surface area (Å²) in [6.07, 6.45) is 2.44. The van der Waals surface area contributed by atoms with Gasteiger partial charge >= 0.3 is 0 Å². The predicted molar refractivity (Wildman–Crippen MR) is 60.9 cm³/mol. The van der Waals surface area contributed by atoms with Crippen LogP contribution in [0.1, 0.15) is 47.5 Å². The molecule has 0 amide bonds. The Morgan fingerprint density at radius 1 is 1.21 bits per heavy atom. The number of nitriles is 1. The third-order valence-corrected chi connectivity index (χ3v) is 2.37. The van der Waals surface area contributed by atoms with Gasteiger partial charge in [-0.25, -0.2) is 0 Å². The summed E-state index contributed by atoms with van der Waals surface area (Å²) < 4.78 is 0. The van der Waals surface area contributed by atoms with E-state index in [4.69, 9.17) is 5.26 Å². The molecule has 1 unspecified atom stereocenters. The highest BCUT2D eigenvalue weighted by molar-refractivity contribution is 4.93. The van der Waals surface area contributed by atoms with Crippen molar-refractivity contribution in [1.29, 1.82) is 5.26 Å². The molecule has 0 saturated heterocycles. The molecule has 0 bridgehead atoms. The van der Waals surface area contributed by atoms with Crippen LogP contribution in [-0.4, -0.2) is 12.6 Å². The largest absolute Gasteiger partial charge is 0.313 e. The second-order valence-electron chi connectivity index (χ2n) is 5.25. The van der Waals surface area contributed by atoms with E-state index in [9.17, 15) is 0 Å². The molecule has 0 radical (unpaired) electrons. The maximum atomic E-state index is 8.84. The molecule has 0 spiro atoms. The Balaban J connectivity index is 3.65. The van der Waals surface area contributed by atoms with Crippen molar-refractivity contribution in [3.05, 3.63) is 0 Å². The molecule has 0 aliphatic carbocycles. The Hall–Kier alpha value is -0.550. The highest BCUT2D eigenvalue weighted by Crippen LogP contribution is 2.12. The minimum absolute atomic E-state index is 0.244. The van der Waals surface area contributed by atoms with Crippen molar-refractivity contribution in [3.63, 3.8) is 0 Å². The van der Waals surface area contributed by atoms with Crippen LogP contribution in [-0.2, 0) is 0 Å². The number of nitrogens with zero attached hydrogens (tertiary/aromatic N) is 1. The summed E-state index contributed by atoms with van der Waals surface area (Å²) in [6, 6.07) is 2.82. The minimum Gasteiger partial charge on any atom is -0.313 e. The van der Waals surface area contributed by atoms with E-state index in [-0.39, 0.29) is 5.41 Å². The van der Waals surface area contributed by atoms with Gasteiger partial charge in [-0.1, -0.05) is 13.8 Å². The third-order valence-electron chi connectivity index (χ3n) is 2.37. The van der Waals surface area contributed by atoms with Crippen LogP contribution in [0, 0.1) is 22.7 Å². The second-order valence-corrected chi connectivity index (χ2v) is 5.25. The molecule has 82 valence electrons. The van der Waals surface area contributed by atoms with Gasteiger partial charge in [-0.3, -0.25) is 0 Å². The summed E-state index contributed by atoms with van der Waals surface area (Å²) in [6.45, 7) is 11.4. The fourth-order valence-corrected chi connectivity index (χ4v) is 1.15. The average Bonchev–Trinajstić information content (AvgIpc) is 2.11. The topological polar surface area (TPSA) is 35.8 Å². The summed E-state index contributed by atoms with van der Waals surface area (Å²) >= 11 is 0. The lowest BCUT2D eigenvalue weighted by molar-refractivity contribution is 0.383. The van der Waals surface area contributed by atoms with Crippen LogP contribution >= 0.6 is 0 Å². The van der Waals surface area contributed by atoms with Gasteiger partial charge in [0.15, 0.2) is 0 Å². The van der Waals surface area contributed by atoms with E-state index in [1.165, 1.54) is 12.8 Å². The Labute approximate surface area is 88.7 Å². The van der Waals surface area contributed by atoms with E-state index >= 15 is 0 Å². The van der Waals surface area contributed by atoms with Crippen LogP contribution in [0.25, 0.3) is 0 Å². The first kappa shape index (κ1) is 13.4. The summed E-state index contributed by atoms with van der Waals surface area (Å²) in [5, 5.41) is 12.2. The number of hydrogen-bond donors (Lipinski definition) is 1. The molecule has 14 heavy (non-hydrogen) atoms. The van der Waals surface area contributed by atoms with E-state index in [2.05, 4.69) is 32.2 Å². The number of rotatable bonds is 6. The third kappa shape index (κ3) is 6.91. The van der Waals surface area contributed by atoms with Crippen molar-refractivity contribution in [3.8, 4) is 6.07 Å². The SMILES string of the molecule is CC(C)CCC(C)NCC(C)(C)C#N. The van der Waals surface area contributed by atoms with Crippen LogP contribution in [0.5, 0.6) is 0 Å². The highest BCUT2D eigenvalue weighted by atomic mass is 14.9. The average molecular weight is 196 g/mol. The number of hydrogen-bond acceptors (Lipinski definition) is 2. The zero-order chi connectivity index (χ0) is 11.2. The molecule has 0 aliphatic rings. The lowest BCUT2D eigenvalue weighted by Gasteiger charge is -2.20. The molecular weight excluding hydrogens is 172 g/mol. The van der Waals surface area contributed by atoms with Crippen molar-refractivity contribution < 1.29 is 0 Å². The molecule has 0 aromatic carbocycles. The summed E-state index contributed by atoms with van der Waals surface area (Å²) in [5.41, 5.74) is -0.244. The van der Waals surface area contributed by atoms with Crippen molar-refractivity contribution in [2.24, 2.45) is 11.3 Å². The first-order valence-corrected chi connectivity index (χ1v) is 5.52. The minimum atomic E-state index is -0.244. The maximum absolute atomic E-state index is 8.84. The lowest BCUT2D eigenvalue weighted by Crippen LogP contribution is -2.34. The normalized spacial score (nSPS) is 14.1. The van der Waals surface area contributed by atoms with Crippen LogP contribution in [0.15, 0.2) is 0 Å². The van der Waals surface area contributed by atoms with Crippen LogP contribution in [0.4, 0.5) is 0 Å². The van der Waals surface area contributed by atoms with Gasteiger partial charge in [-0.2, -0.15) is 5.26 Å². The first-order chi connectivity index (χ1) is 6.37. The first-order valence-electron chi connectivity index (χ1n) is 5.52. The second kappa shape index (κ2) is 6.03. The van der Waals surface area contributed by atoms with Crippen LogP contribution < -0.4 is 5.32 Å². The Kier molecular flexibility index (Phi) is 5.79. The van der Waals surface area contributed by atoms with Gasteiger partial charge in [0, 0.05) is 12.6 Å². The summed E-state index contributed by atoms with van der Waals surface area (Å²) in [4.78, 5) is 0. The zero-order valence-corrected chi connectivity index (χ0v) is 10.2. The van der Waals surface area contributed by atoms with Crippen molar-refractivity contribution >= 4 is 0 Å². The number of nitrogens with one attached hydrogen (secondary N) is 1. The molecule has 1 N–H and O–H groups in total. The van der Waals surface area contributed by atoms with E-state index in [0.717, 1.165) is 12.5 Å².